The van der Waals surface area contributed by atoms with Gasteiger partial charge in [-0.15, -0.1) is 0 Å². The highest BCUT2D eigenvalue weighted by Gasteiger charge is 2.17. The van der Waals surface area contributed by atoms with Crippen LogP contribution in [0.25, 0.3) is 10.9 Å². The van der Waals surface area contributed by atoms with Crippen molar-refractivity contribution in [1.29, 1.82) is 0 Å². The van der Waals surface area contributed by atoms with Crippen LogP contribution >= 0.6 is 0 Å². The first kappa shape index (κ1) is 15.6. The molecule has 0 spiro atoms. The van der Waals surface area contributed by atoms with Crippen LogP contribution in [0.5, 0.6) is 5.75 Å². The van der Waals surface area contributed by atoms with Gasteiger partial charge in [0.05, 0.1) is 6.61 Å². The van der Waals surface area contributed by atoms with Crippen molar-refractivity contribution < 1.29 is 9.13 Å². The predicted molar refractivity (Wildman–Crippen MR) is 91.4 cm³/mol. The SMILES string of the molecule is CCOc1ccccc1CC(CN)c1c[nH]c2ccc(F)cc12. The van der Waals surface area contributed by atoms with Crippen LogP contribution in [-0.4, -0.2) is 18.1 Å². The molecule has 0 fully saturated rings. The van der Waals surface area contributed by atoms with Gasteiger partial charge in [0.1, 0.15) is 11.6 Å². The molecule has 0 aliphatic carbocycles. The zero-order chi connectivity index (χ0) is 16.2. The van der Waals surface area contributed by atoms with E-state index in [1.54, 1.807) is 12.1 Å². The zero-order valence-corrected chi connectivity index (χ0v) is 13.2. The molecule has 0 aliphatic heterocycles. The van der Waals surface area contributed by atoms with Crippen LogP contribution < -0.4 is 10.5 Å². The standard InChI is InChI=1S/C19H21FN2O/c1-2-23-19-6-4-3-5-13(19)9-14(11-21)17-12-22-18-8-7-15(20)10-16(17)18/h3-8,10,12,14,22H,2,9,11,21H2,1H3. The van der Waals surface area contributed by atoms with E-state index in [-0.39, 0.29) is 11.7 Å². The Kier molecular flexibility index (Phi) is 4.63. The van der Waals surface area contributed by atoms with E-state index in [2.05, 4.69) is 11.1 Å². The van der Waals surface area contributed by atoms with Crippen molar-refractivity contribution in [3.05, 3.63) is 65.6 Å². The Morgan fingerprint density at radius 1 is 1.22 bits per heavy atom. The molecule has 2 aromatic carbocycles. The first-order valence-electron chi connectivity index (χ1n) is 7.90. The summed E-state index contributed by atoms with van der Waals surface area (Å²) in [5.74, 6) is 0.760. The van der Waals surface area contributed by atoms with Gasteiger partial charge >= 0.3 is 0 Å². The van der Waals surface area contributed by atoms with Crippen LogP contribution in [0.4, 0.5) is 4.39 Å². The Morgan fingerprint density at radius 2 is 2.04 bits per heavy atom. The van der Waals surface area contributed by atoms with Crippen LogP contribution in [0.1, 0.15) is 24.0 Å². The number of hydrogen-bond acceptors (Lipinski definition) is 2. The number of rotatable bonds is 6. The molecular weight excluding hydrogens is 291 g/mol. The van der Waals surface area contributed by atoms with Crippen molar-refractivity contribution >= 4 is 10.9 Å². The fraction of sp³-hybridized carbons (Fsp3) is 0.263. The second kappa shape index (κ2) is 6.84. The molecule has 23 heavy (non-hydrogen) atoms. The maximum Gasteiger partial charge on any atom is 0.123 e. The van der Waals surface area contributed by atoms with Crippen LogP contribution in [0.2, 0.25) is 0 Å². The normalized spacial score (nSPS) is 12.5. The van der Waals surface area contributed by atoms with Crippen LogP contribution in [0.15, 0.2) is 48.7 Å². The lowest BCUT2D eigenvalue weighted by atomic mass is 9.91. The summed E-state index contributed by atoms with van der Waals surface area (Å²) in [5, 5.41) is 0.898. The number of benzene rings is 2. The van der Waals surface area contributed by atoms with Gasteiger partial charge in [-0.25, -0.2) is 4.39 Å². The third-order valence-electron chi connectivity index (χ3n) is 4.14. The van der Waals surface area contributed by atoms with E-state index in [9.17, 15) is 4.39 Å². The number of nitrogens with two attached hydrogens (primary N) is 1. The third kappa shape index (κ3) is 3.22. The maximum absolute atomic E-state index is 13.6. The average Bonchev–Trinajstić information content (AvgIpc) is 2.97. The molecule has 3 rings (SSSR count). The van der Waals surface area contributed by atoms with Gasteiger partial charge in [0.2, 0.25) is 0 Å². The number of aromatic nitrogens is 1. The largest absolute Gasteiger partial charge is 0.494 e. The predicted octanol–water partition coefficient (Wildman–Crippen LogP) is 3.99. The number of nitrogens with one attached hydrogen (secondary N) is 1. The monoisotopic (exact) mass is 312 g/mol. The van der Waals surface area contributed by atoms with E-state index in [1.807, 2.05) is 31.3 Å². The third-order valence-corrected chi connectivity index (χ3v) is 4.14. The quantitative estimate of drug-likeness (QED) is 0.723. The highest BCUT2D eigenvalue weighted by atomic mass is 19.1. The van der Waals surface area contributed by atoms with E-state index >= 15 is 0 Å². The van der Waals surface area contributed by atoms with Crippen molar-refractivity contribution in [1.82, 2.24) is 4.98 Å². The Hall–Kier alpha value is -2.33. The molecule has 0 bridgehead atoms. The minimum absolute atomic E-state index is 0.104. The molecule has 1 aromatic heterocycles. The first-order valence-corrected chi connectivity index (χ1v) is 7.90. The fourth-order valence-corrected chi connectivity index (χ4v) is 3.01. The van der Waals surface area contributed by atoms with Gasteiger partial charge in [-0.2, -0.15) is 0 Å². The number of ether oxygens (including phenoxy) is 1. The minimum atomic E-state index is -0.233. The van der Waals surface area contributed by atoms with Crippen LogP contribution in [0, 0.1) is 5.82 Å². The lowest BCUT2D eigenvalue weighted by Gasteiger charge is -2.17. The van der Waals surface area contributed by atoms with E-state index < -0.39 is 0 Å². The van der Waals surface area contributed by atoms with E-state index in [0.717, 1.165) is 34.2 Å². The van der Waals surface area contributed by atoms with Crippen molar-refractivity contribution in [3.63, 3.8) is 0 Å². The van der Waals surface area contributed by atoms with E-state index in [0.29, 0.717) is 13.2 Å². The molecule has 4 heteroatoms. The van der Waals surface area contributed by atoms with Crippen LogP contribution in [0.3, 0.4) is 0 Å². The molecule has 3 aromatic rings. The molecule has 3 N–H and O–H groups in total. The van der Waals surface area contributed by atoms with Crippen LogP contribution in [-0.2, 0) is 6.42 Å². The van der Waals surface area contributed by atoms with Crippen molar-refractivity contribution in [2.24, 2.45) is 5.73 Å². The number of para-hydroxylation sites is 1. The van der Waals surface area contributed by atoms with E-state index in [1.165, 1.54) is 6.07 Å². The lowest BCUT2D eigenvalue weighted by molar-refractivity contribution is 0.335. The molecule has 120 valence electrons. The lowest BCUT2D eigenvalue weighted by Crippen LogP contribution is -2.15. The Morgan fingerprint density at radius 3 is 2.83 bits per heavy atom. The van der Waals surface area contributed by atoms with Gasteiger partial charge in [0, 0.05) is 23.0 Å². The molecule has 1 atom stereocenters. The maximum atomic E-state index is 13.6. The molecule has 3 nitrogen and oxygen atoms in total. The van der Waals surface area contributed by atoms with Gasteiger partial charge in [-0.1, -0.05) is 18.2 Å². The average molecular weight is 312 g/mol. The summed E-state index contributed by atoms with van der Waals surface area (Å²) in [7, 11) is 0. The summed E-state index contributed by atoms with van der Waals surface area (Å²) < 4.78 is 19.3. The fourth-order valence-electron chi connectivity index (χ4n) is 3.01. The number of aromatic amines is 1. The highest BCUT2D eigenvalue weighted by molar-refractivity contribution is 5.83. The van der Waals surface area contributed by atoms with Crippen molar-refractivity contribution in [3.8, 4) is 5.75 Å². The van der Waals surface area contributed by atoms with Crippen molar-refractivity contribution in [2.45, 2.75) is 19.3 Å². The molecular formula is C19H21FN2O. The highest BCUT2D eigenvalue weighted by Crippen LogP contribution is 2.31. The van der Waals surface area contributed by atoms with Gasteiger partial charge in [-0.3, -0.25) is 0 Å². The van der Waals surface area contributed by atoms with Gasteiger partial charge in [0.25, 0.3) is 0 Å². The number of hydrogen-bond donors (Lipinski definition) is 2. The summed E-state index contributed by atoms with van der Waals surface area (Å²) in [6.45, 7) is 3.09. The summed E-state index contributed by atoms with van der Waals surface area (Å²) in [6.07, 6.45) is 2.70. The minimum Gasteiger partial charge on any atom is -0.494 e. The summed E-state index contributed by atoms with van der Waals surface area (Å²) in [5.41, 5.74) is 9.12. The second-order valence-electron chi connectivity index (χ2n) is 5.61. The smallest absolute Gasteiger partial charge is 0.123 e. The van der Waals surface area contributed by atoms with Gasteiger partial charge in [-0.05, 0) is 55.3 Å². The van der Waals surface area contributed by atoms with Crippen molar-refractivity contribution in [2.75, 3.05) is 13.2 Å². The molecule has 0 amide bonds. The summed E-state index contributed by atoms with van der Waals surface area (Å²) >= 11 is 0. The molecule has 1 unspecified atom stereocenters. The molecule has 0 saturated heterocycles. The Balaban J connectivity index is 1.95. The molecule has 0 saturated carbocycles. The number of halogens is 1. The first-order chi connectivity index (χ1) is 11.2. The van der Waals surface area contributed by atoms with Gasteiger partial charge < -0.3 is 15.5 Å². The summed E-state index contributed by atoms with van der Waals surface area (Å²) in [4.78, 5) is 3.20. The molecule has 1 heterocycles. The topological polar surface area (TPSA) is 51.0 Å². The second-order valence-corrected chi connectivity index (χ2v) is 5.61. The molecule has 0 radical (unpaired) electrons. The van der Waals surface area contributed by atoms with E-state index in [4.69, 9.17) is 10.5 Å². The Labute approximate surface area is 135 Å². The number of H-pyrrole nitrogens is 1. The zero-order valence-electron chi connectivity index (χ0n) is 13.2. The molecule has 0 aliphatic rings. The van der Waals surface area contributed by atoms with Gasteiger partial charge in [0.15, 0.2) is 0 Å². The number of fused-ring (bicyclic) bond motifs is 1. The summed E-state index contributed by atoms with van der Waals surface area (Å²) in [6, 6.07) is 12.8. The Bertz CT molecular complexity index is 797.